The predicted octanol–water partition coefficient (Wildman–Crippen LogP) is 3.91. The van der Waals surface area contributed by atoms with Crippen molar-refractivity contribution in [2.75, 3.05) is 7.11 Å². The molecule has 0 fully saturated rings. The number of hydrogen-bond acceptors (Lipinski definition) is 6. The van der Waals surface area contributed by atoms with Crippen LogP contribution < -0.4 is 4.74 Å². The lowest BCUT2D eigenvalue weighted by molar-refractivity contribution is -0.386. The molecule has 0 unspecified atom stereocenters. The Kier molecular flexibility index (Phi) is 3.92. The fourth-order valence-corrected chi connectivity index (χ4v) is 2.99. The van der Waals surface area contributed by atoms with Crippen molar-refractivity contribution in [3.05, 3.63) is 65.1 Å². The molecule has 134 valence electrons. The lowest BCUT2D eigenvalue weighted by atomic mass is 10.0. The number of aromatic amines is 1. The molecular formula is C19H14N4O4. The van der Waals surface area contributed by atoms with Crippen LogP contribution in [0.2, 0.25) is 0 Å². The monoisotopic (exact) mass is 362 g/mol. The lowest BCUT2D eigenvalue weighted by Crippen LogP contribution is -1.92. The summed E-state index contributed by atoms with van der Waals surface area (Å²) in [5, 5.41) is 21.5. The van der Waals surface area contributed by atoms with E-state index in [1.807, 2.05) is 36.5 Å². The summed E-state index contributed by atoms with van der Waals surface area (Å²) in [6.07, 6.45) is 4.82. The number of aromatic nitrogens is 3. The van der Waals surface area contributed by atoms with E-state index in [-0.39, 0.29) is 0 Å². The maximum atomic E-state index is 11.1. The number of fused-ring (bicyclic) bond motifs is 1. The summed E-state index contributed by atoms with van der Waals surface area (Å²) in [6.45, 7) is 0. The van der Waals surface area contributed by atoms with Crippen molar-refractivity contribution in [1.29, 1.82) is 0 Å². The molecule has 3 aromatic heterocycles. The third-order valence-electron chi connectivity index (χ3n) is 4.31. The summed E-state index contributed by atoms with van der Waals surface area (Å²) in [5.41, 5.74) is 3.17. The van der Waals surface area contributed by atoms with E-state index in [9.17, 15) is 15.2 Å². The minimum atomic E-state index is -0.672. The van der Waals surface area contributed by atoms with Gasteiger partial charge in [-0.3, -0.25) is 10.1 Å². The van der Waals surface area contributed by atoms with E-state index in [1.54, 1.807) is 13.3 Å². The molecule has 1 aromatic carbocycles. The summed E-state index contributed by atoms with van der Waals surface area (Å²) in [6, 6.07) is 10.8. The first-order valence-electron chi connectivity index (χ1n) is 8.03. The van der Waals surface area contributed by atoms with Crippen molar-refractivity contribution in [2.45, 2.75) is 0 Å². The van der Waals surface area contributed by atoms with Gasteiger partial charge in [0.25, 0.3) is 5.88 Å². The zero-order valence-corrected chi connectivity index (χ0v) is 14.2. The molecule has 0 radical (unpaired) electrons. The van der Waals surface area contributed by atoms with Gasteiger partial charge in [-0.1, -0.05) is 18.2 Å². The van der Waals surface area contributed by atoms with Gasteiger partial charge < -0.3 is 14.8 Å². The van der Waals surface area contributed by atoms with E-state index < -0.39 is 16.5 Å². The van der Waals surface area contributed by atoms with Crippen LogP contribution in [0.25, 0.3) is 33.3 Å². The molecule has 0 saturated heterocycles. The zero-order valence-electron chi connectivity index (χ0n) is 14.2. The van der Waals surface area contributed by atoms with Gasteiger partial charge in [-0.2, -0.15) is 0 Å². The number of nitro groups is 1. The highest BCUT2D eigenvalue weighted by molar-refractivity contribution is 5.97. The predicted molar refractivity (Wildman–Crippen MR) is 99.6 cm³/mol. The van der Waals surface area contributed by atoms with Crippen LogP contribution >= 0.6 is 0 Å². The van der Waals surface area contributed by atoms with E-state index in [0.29, 0.717) is 16.8 Å². The van der Waals surface area contributed by atoms with Crippen molar-refractivity contribution < 1.29 is 14.8 Å². The van der Waals surface area contributed by atoms with E-state index in [0.717, 1.165) is 22.3 Å². The summed E-state index contributed by atoms with van der Waals surface area (Å²) >= 11 is 0. The number of aromatic hydroxyl groups is 1. The molecule has 0 spiro atoms. The number of methoxy groups -OCH3 is 1. The minimum absolute atomic E-state index is 0.452. The van der Waals surface area contributed by atoms with E-state index in [4.69, 9.17) is 4.74 Å². The first-order chi connectivity index (χ1) is 13.1. The number of para-hydroxylation sites is 1. The average Bonchev–Trinajstić information content (AvgIpc) is 3.11. The van der Waals surface area contributed by atoms with Gasteiger partial charge in [0.15, 0.2) is 0 Å². The Morgan fingerprint density at radius 3 is 2.63 bits per heavy atom. The van der Waals surface area contributed by atoms with E-state index in [2.05, 4.69) is 15.0 Å². The molecule has 2 N–H and O–H groups in total. The van der Waals surface area contributed by atoms with Crippen molar-refractivity contribution in [1.82, 2.24) is 15.0 Å². The number of nitrogens with one attached hydrogen (secondary N) is 1. The molecule has 0 aliphatic carbocycles. The Hall–Kier alpha value is -3.94. The average molecular weight is 362 g/mol. The molecule has 0 aliphatic heterocycles. The molecule has 27 heavy (non-hydrogen) atoms. The fraction of sp³-hybridized carbons (Fsp3) is 0.0526. The lowest BCUT2D eigenvalue weighted by Gasteiger charge is -2.07. The third kappa shape index (κ3) is 2.82. The van der Waals surface area contributed by atoms with Gasteiger partial charge in [0.2, 0.25) is 0 Å². The molecule has 4 rings (SSSR count). The normalized spacial score (nSPS) is 10.9. The highest BCUT2D eigenvalue weighted by Crippen LogP contribution is 2.36. The van der Waals surface area contributed by atoms with Gasteiger partial charge in [0.1, 0.15) is 11.4 Å². The Bertz CT molecular complexity index is 1170. The zero-order chi connectivity index (χ0) is 19.0. The van der Waals surface area contributed by atoms with Gasteiger partial charge in [-0.25, -0.2) is 9.97 Å². The van der Waals surface area contributed by atoms with Crippen molar-refractivity contribution in [2.24, 2.45) is 0 Å². The van der Waals surface area contributed by atoms with Gasteiger partial charge in [0.05, 0.1) is 12.0 Å². The first-order valence-corrected chi connectivity index (χ1v) is 8.03. The highest BCUT2D eigenvalue weighted by atomic mass is 16.6. The summed E-state index contributed by atoms with van der Waals surface area (Å²) in [5.74, 6) is 0.111. The molecule has 3 heterocycles. The molecular weight excluding hydrogens is 348 g/mol. The number of rotatable bonds is 4. The number of pyridine rings is 2. The van der Waals surface area contributed by atoms with Crippen molar-refractivity contribution in [3.8, 4) is 33.9 Å². The number of H-pyrrole nitrogens is 1. The molecule has 8 heteroatoms. The number of ether oxygens (including phenoxy) is 1. The number of benzene rings is 1. The standard InChI is InChI=1S/C19H14N4O4/c1-27-17-5-3-2-4-13(17)15-10-21-18-14(15)6-11(8-20-18)12-7-16(23(25)26)19(24)22-9-12/h2-10H,1H3,(H,20,21)(H,22,24). The number of nitrogens with zero attached hydrogens (tertiary/aromatic N) is 3. The van der Waals surface area contributed by atoms with Crippen molar-refractivity contribution >= 4 is 16.7 Å². The minimum Gasteiger partial charge on any atom is -0.496 e. The maximum absolute atomic E-state index is 11.1. The molecule has 0 aliphatic rings. The molecule has 0 amide bonds. The van der Waals surface area contributed by atoms with Gasteiger partial charge in [-0.05, 0) is 12.1 Å². The van der Waals surface area contributed by atoms with Crippen LogP contribution in [-0.2, 0) is 0 Å². The second-order valence-corrected chi connectivity index (χ2v) is 5.85. The molecule has 0 bridgehead atoms. The van der Waals surface area contributed by atoms with Crippen molar-refractivity contribution in [3.63, 3.8) is 0 Å². The van der Waals surface area contributed by atoms with Crippen LogP contribution in [0.3, 0.4) is 0 Å². The van der Waals surface area contributed by atoms with Gasteiger partial charge >= 0.3 is 5.69 Å². The highest BCUT2D eigenvalue weighted by Gasteiger charge is 2.17. The summed E-state index contributed by atoms with van der Waals surface area (Å²) in [4.78, 5) is 21.6. The van der Waals surface area contributed by atoms with Crippen LogP contribution in [0.4, 0.5) is 5.69 Å². The summed E-state index contributed by atoms with van der Waals surface area (Å²) < 4.78 is 5.44. The molecule has 0 atom stereocenters. The Morgan fingerprint density at radius 2 is 1.85 bits per heavy atom. The van der Waals surface area contributed by atoms with Crippen LogP contribution in [0.1, 0.15) is 0 Å². The molecule has 8 nitrogen and oxygen atoms in total. The second-order valence-electron chi connectivity index (χ2n) is 5.85. The smallest absolute Gasteiger partial charge is 0.331 e. The molecule has 0 saturated carbocycles. The quantitative estimate of drug-likeness (QED) is 0.420. The van der Waals surface area contributed by atoms with Gasteiger partial charge in [0, 0.05) is 52.3 Å². The molecule has 4 aromatic rings. The summed E-state index contributed by atoms with van der Waals surface area (Å²) in [7, 11) is 1.61. The Morgan fingerprint density at radius 1 is 1.11 bits per heavy atom. The van der Waals surface area contributed by atoms with E-state index in [1.165, 1.54) is 12.3 Å². The van der Waals surface area contributed by atoms with Crippen LogP contribution in [-0.4, -0.2) is 32.1 Å². The van der Waals surface area contributed by atoms with Crippen LogP contribution in [0.15, 0.2) is 55.0 Å². The SMILES string of the molecule is COc1ccccc1-c1c[nH]c2ncc(-c3cnc(O)c([N+](=O)[O-])c3)cc12. The fourth-order valence-electron chi connectivity index (χ4n) is 2.99. The van der Waals surface area contributed by atoms with E-state index >= 15 is 0 Å². The number of hydrogen-bond donors (Lipinski definition) is 2. The largest absolute Gasteiger partial charge is 0.496 e. The van der Waals surface area contributed by atoms with Gasteiger partial charge in [-0.15, -0.1) is 0 Å². The first kappa shape index (κ1) is 16.5. The third-order valence-corrected chi connectivity index (χ3v) is 4.31. The van der Waals surface area contributed by atoms with Crippen LogP contribution in [0.5, 0.6) is 11.6 Å². The topological polar surface area (TPSA) is 114 Å². The Balaban J connectivity index is 1.88. The van der Waals surface area contributed by atoms with Crippen LogP contribution in [0, 0.1) is 10.1 Å². The second kappa shape index (κ2) is 6.41. The maximum Gasteiger partial charge on any atom is 0.331 e. The Labute approximate surface area is 153 Å².